The van der Waals surface area contributed by atoms with Crippen LogP contribution in [0.15, 0.2) is 16.5 Å². The number of hydrogen-bond donors (Lipinski definition) is 0. The van der Waals surface area contributed by atoms with E-state index in [0.717, 1.165) is 0 Å². The zero-order valence-electron chi connectivity index (χ0n) is 5.72. The number of halogens is 1. The highest BCUT2D eigenvalue weighted by Gasteiger charge is 2.15. The van der Waals surface area contributed by atoms with E-state index in [1.165, 1.54) is 6.21 Å². The molecule has 0 fully saturated rings. The maximum absolute atomic E-state index is 12.7. The lowest BCUT2D eigenvalue weighted by molar-refractivity contribution is -0.115. The monoisotopic (exact) mass is 141 g/mol. The molecule has 0 aromatic rings. The summed E-state index contributed by atoms with van der Waals surface area (Å²) in [6, 6.07) is 0. The lowest BCUT2D eigenvalue weighted by atomic mass is 10.1. The second-order valence-corrected chi connectivity index (χ2v) is 2.05. The Morgan fingerprint density at radius 2 is 2.50 bits per heavy atom. The quantitative estimate of drug-likeness (QED) is 0.545. The molecular weight excluding hydrogens is 133 g/mol. The minimum atomic E-state index is -0.662. The molecule has 0 aromatic carbocycles. The zero-order valence-corrected chi connectivity index (χ0v) is 5.72. The van der Waals surface area contributed by atoms with Crippen molar-refractivity contribution < 1.29 is 9.18 Å². The number of carbonyl (C=O) groups is 1. The van der Waals surface area contributed by atoms with Crippen molar-refractivity contribution in [2.24, 2.45) is 4.99 Å². The van der Waals surface area contributed by atoms with E-state index in [1.807, 2.05) is 0 Å². The van der Waals surface area contributed by atoms with Crippen LogP contribution in [-0.2, 0) is 4.79 Å². The fourth-order valence-corrected chi connectivity index (χ4v) is 0.792. The summed E-state index contributed by atoms with van der Waals surface area (Å²) in [5.74, 6) is -1.11. The highest BCUT2D eigenvalue weighted by atomic mass is 19.1. The van der Waals surface area contributed by atoms with E-state index in [9.17, 15) is 9.18 Å². The fourth-order valence-electron chi connectivity index (χ4n) is 0.792. The summed E-state index contributed by atoms with van der Waals surface area (Å²) in [6.45, 7) is 1.77. The fraction of sp³-hybridized carbons (Fsp3) is 0.429. The third-order valence-electron chi connectivity index (χ3n) is 1.36. The van der Waals surface area contributed by atoms with Crippen LogP contribution in [0.4, 0.5) is 4.39 Å². The van der Waals surface area contributed by atoms with Crippen LogP contribution in [0.2, 0.25) is 0 Å². The lowest BCUT2D eigenvalue weighted by Gasteiger charge is -2.03. The Balaban J connectivity index is 2.93. The number of ketones is 1. The molecule has 0 unspecified atom stereocenters. The molecule has 10 heavy (non-hydrogen) atoms. The van der Waals surface area contributed by atoms with Crippen molar-refractivity contribution in [2.45, 2.75) is 19.8 Å². The van der Waals surface area contributed by atoms with Gasteiger partial charge in [-0.3, -0.25) is 9.79 Å². The van der Waals surface area contributed by atoms with Gasteiger partial charge < -0.3 is 0 Å². The highest BCUT2D eigenvalue weighted by molar-refractivity contribution is 6.04. The van der Waals surface area contributed by atoms with Gasteiger partial charge in [0, 0.05) is 12.6 Å². The smallest absolute Gasteiger partial charge is 0.198 e. The Bertz CT molecular complexity index is 218. The van der Waals surface area contributed by atoms with E-state index in [0.29, 0.717) is 6.42 Å². The van der Waals surface area contributed by atoms with Gasteiger partial charge in [0.2, 0.25) is 0 Å². The third kappa shape index (κ3) is 1.12. The Labute approximate surface area is 58.5 Å². The minimum Gasteiger partial charge on any atom is -0.291 e. The molecule has 0 aliphatic carbocycles. The summed E-state index contributed by atoms with van der Waals surface area (Å²) in [5, 5.41) is 0. The number of nitrogens with zero attached hydrogens (tertiary/aromatic N) is 1. The number of allylic oxidation sites excluding steroid dienone is 2. The van der Waals surface area contributed by atoms with Gasteiger partial charge in [0.15, 0.2) is 11.6 Å². The second kappa shape index (κ2) is 2.73. The Hall–Kier alpha value is -0.990. The number of hydrogen-bond acceptors (Lipinski definition) is 2. The van der Waals surface area contributed by atoms with Gasteiger partial charge in [-0.05, 0) is 6.42 Å². The second-order valence-electron chi connectivity index (χ2n) is 2.05. The largest absolute Gasteiger partial charge is 0.291 e. The van der Waals surface area contributed by atoms with E-state index in [2.05, 4.69) is 4.99 Å². The predicted octanol–water partition coefficient (Wildman–Crippen LogP) is 1.62. The van der Waals surface area contributed by atoms with Gasteiger partial charge in [-0.15, -0.1) is 0 Å². The van der Waals surface area contributed by atoms with Gasteiger partial charge >= 0.3 is 0 Å². The number of aliphatic imine (C=N–C) groups is 1. The molecule has 1 rings (SSSR count). The molecule has 1 aliphatic rings. The van der Waals surface area contributed by atoms with Crippen molar-refractivity contribution in [3.63, 3.8) is 0 Å². The first-order valence-corrected chi connectivity index (χ1v) is 3.20. The summed E-state index contributed by atoms with van der Waals surface area (Å²) in [5.41, 5.74) is 0.274. The summed E-state index contributed by atoms with van der Waals surface area (Å²) in [7, 11) is 0. The third-order valence-corrected chi connectivity index (χ3v) is 1.36. The van der Waals surface area contributed by atoms with Crippen LogP contribution < -0.4 is 0 Å². The maximum Gasteiger partial charge on any atom is 0.198 e. The zero-order chi connectivity index (χ0) is 7.56. The molecule has 0 saturated heterocycles. The van der Waals surface area contributed by atoms with Crippen molar-refractivity contribution in [2.75, 3.05) is 0 Å². The molecule has 0 bridgehead atoms. The molecule has 0 atom stereocenters. The summed E-state index contributed by atoms with van der Waals surface area (Å²) >= 11 is 0. The van der Waals surface area contributed by atoms with Crippen molar-refractivity contribution in [3.8, 4) is 0 Å². The first-order chi connectivity index (χ1) is 4.75. The van der Waals surface area contributed by atoms with E-state index in [-0.39, 0.29) is 12.1 Å². The Morgan fingerprint density at radius 3 is 3.00 bits per heavy atom. The molecule has 0 N–H and O–H groups in total. The van der Waals surface area contributed by atoms with Crippen molar-refractivity contribution in [3.05, 3.63) is 11.5 Å². The molecule has 0 aromatic heterocycles. The van der Waals surface area contributed by atoms with E-state index >= 15 is 0 Å². The van der Waals surface area contributed by atoms with Crippen LogP contribution in [0.25, 0.3) is 0 Å². The van der Waals surface area contributed by atoms with Crippen LogP contribution >= 0.6 is 0 Å². The van der Waals surface area contributed by atoms with Crippen molar-refractivity contribution in [1.82, 2.24) is 0 Å². The molecule has 2 nitrogen and oxygen atoms in total. The average molecular weight is 141 g/mol. The average Bonchev–Trinajstić information content (AvgIpc) is 1.95. The standard InChI is InChI=1S/C7H8FNO/c1-2-5-7(8)6(10)3-4-9-5/h4H,2-3H2,1H3. The highest BCUT2D eigenvalue weighted by Crippen LogP contribution is 2.16. The lowest BCUT2D eigenvalue weighted by Crippen LogP contribution is -2.06. The molecule has 0 amide bonds. The summed E-state index contributed by atoms with van der Waals surface area (Å²) in [4.78, 5) is 14.4. The van der Waals surface area contributed by atoms with Crippen LogP contribution in [0.3, 0.4) is 0 Å². The maximum atomic E-state index is 12.7. The first-order valence-electron chi connectivity index (χ1n) is 3.20. The normalized spacial score (nSPS) is 18.4. The Kier molecular flexibility index (Phi) is 1.94. The predicted molar refractivity (Wildman–Crippen MR) is 36.5 cm³/mol. The number of carbonyl (C=O) groups excluding carboxylic acids is 1. The molecule has 0 radical (unpaired) electrons. The van der Waals surface area contributed by atoms with Gasteiger partial charge in [-0.2, -0.15) is 0 Å². The van der Waals surface area contributed by atoms with Gasteiger partial charge in [0.1, 0.15) is 0 Å². The van der Waals surface area contributed by atoms with Crippen molar-refractivity contribution >= 4 is 12.0 Å². The molecule has 54 valence electrons. The van der Waals surface area contributed by atoms with Gasteiger partial charge in [0.25, 0.3) is 0 Å². The molecule has 1 heterocycles. The minimum absolute atomic E-state index is 0.106. The van der Waals surface area contributed by atoms with Crippen LogP contribution in [0, 0.1) is 0 Å². The molecular formula is C7H8FNO. The summed E-state index contributed by atoms with van der Waals surface area (Å²) in [6.07, 6.45) is 2.04. The van der Waals surface area contributed by atoms with Crippen LogP contribution in [-0.4, -0.2) is 12.0 Å². The van der Waals surface area contributed by atoms with Crippen LogP contribution in [0.5, 0.6) is 0 Å². The first kappa shape index (κ1) is 7.12. The molecule has 0 saturated carbocycles. The van der Waals surface area contributed by atoms with E-state index in [4.69, 9.17) is 0 Å². The van der Waals surface area contributed by atoms with Gasteiger partial charge in [-0.25, -0.2) is 4.39 Å². The van der Waals surface area contributed by atoms with Gasteiger partial charge in [-0.1, -0.05) is 6.92 Å². The number of Topliss-reactive ketones (excluding diaryl/α,β-unsaturated/α-hetero) is 1. The molecule has 1 aliphatic heterocycles. The Morgan fingerprint density at radius 1 is 1.80 bits per heavy atom. The SMILES string of the molecule is CCC1=C(F)C(=O)CC=N1. The van der Waals surface area contributed by atoms with Crippen molar-refractivity contribution in [1.29, 1.82) is 0 Å². The van der Waals surface area contributed by atoms with Gasteiger partial charge in [0.05, 0.1) is 5.70 Å². The molecule has 0 spiro atoms. The van der Waals surface area contributed by atoms with Crippen LogP contribution in [0.1, 0.15) is 19.8 Å². The van der Waals surface area contributed by atoms with E-state index < -0.39 is 11.6 Å². The summed E-state index contributed by atoms with van der Waals surface area (Å²) < 4.78 is 12.7. The van der Waals surface area contributed by atoms with E-state index in [1.54, 1.807) is 6.92 Å². The number of rotatable bonds is 1. The topological polar surface area (TPSA) is 29.4 Å². The molecule has 3 heteroatoms.